The van der Waals surface area contributed by atoms with Crippen molar-refractivity contribution >= 4 is 60.3 Å². The highest BCUT2D eigenvalue weighted by atomic mass is 79.9. The number of halogens is 4. The van der Waals surface area contributed by atoms with Gasteiger partial charge in [0.15, 0.2) is 6.61 Å². The molecule has 0 amide bonds. The molecule has 0 saturated heterocycles. The third-order valence-electron chi connectivity index (χ3n) is 2.05. The van der Waals surface area contributed by atoms with E-state index in [0.717, 1.165) is 11.1 Å². The fourth-order valence-electron chi connectivity index (χ4n) is 1.17. The van der Waals surface area contributed by atoms with Crippen LogP contribution >= 0.6 is 55.1 Å². The lowest BCUT2D eigenvalue weighted by atomic mass is 10.1. The van der Waals surface area contributed by atoms with Gasteiger partial charge in [0.1, 0.15) is 5.75 Å². The van der Waals surface area contributed by atoms with Crippen LogP contribution in [0.2, 0.25) is 5.02 Å². The van der Waals surface area contributed by atoms with Crippen molar-refractivity contribution in [3.05, 3.63) is 25.1 Å². The first-order chi connectivity index (χ1) is 7.36. The van der Waals surface area contributed by atoms with Crippen LogP contribution in [0, 0.1) is 13.8 Å². The van der Waals surface area contributed by atoms with E-state index in [1.54, 1.807) is 0 Å². The second-order valence-corrected chi connectivity index (χ2v) is 5.55. The lowest BCUT2D eigenvalue weighted by Crippen LogP contribution is -2.06. The molecule has 0 atom stereocenters. The van der Waals surface area contributed by atoms with Gasteiger partial charge in [-0.1, -0.05) is 11.6 Å². The summed E-state index contributed by atoms with van der Waals surface area (Å²) in [7, 11) is 0. The van der Waals surface area contributed by atoms with E-state index in [9.17, 15) is 4.79 Å². The predicted octanol–water partition coefficient (Wildman–Crippen LogP) is 4.63. The quantitative estimate of drug-likeness (QED) is 0.703. The fraction of sp³-hybridized carbons (Fsp3) is 0.300. The summed E-state index contributed by atoms with van der Waals surface area (Å²) in [6.07, 6.45) is 0. The molecule has 0 N–H and O–H groups in total. The highest BCUT2D eigenvalue weighted by Gasteiger charge is 2.17. The summed E-state index contributed by atoms with van der Waals surface area (Å²) < 4.78 is 6.74. The Morgan fingerprint density at radius 2 is 1.69 bits per heavy atom. The van der Waals surface area contributed by atoms with Gasteiger partial charge in [-0.15, -0.1) is 0 Å². The van der Waals surface area contributed by atoms with E-state index in [1.807, 2.05) is 13.8 Å². The number of rotatable bonds is 3. The molecular weight excluding hydrogens is 383 g/mol. The first-order valence-electron chi connectivity index (χ1n) is 4.31. The van der Waals surface area contributed by atoms with Crippen molar-refractivity contribution in [3.63, 3.8) is 0 Å². The Kier molecular flexibility index (Phi) is 5.10. The molecule has 0 radical (unpaired) electrons. The molecule has 0 aliphatic carbocycles. The summed E-state index contributed by atoms with van der Waals surface area (Å²) in [6, 6.07) is 0. The van der Waals surface area contributed by atoms with Crippen LogP contribution in [0.15, 0.2) is 8.95 Å². The van der Waals surface area contributed by atoms with Gasteiger partial charge in [-0.25, -0.2) is 0 Å². The summed E-state index contributed by atoms with van der Waals surface area (Å²) in [5, 5.41) is 0.104. The Morgan fingerprint density at radius 1 is 1.25 bits per heavy atom. The minimum absolute atomic E-state index is 0.181. The molecule has 0 heterocycles. The van der Waals surface area contributed by atoms with Crippen LogP contribution in [-0.2, 0) is 4.79 Å². The van der Waals surface area contributed by atoms with Gasteiger partial charge in [-0.2, -0.15) is 0 Å². The van der Waals surface area contributed by atoms with E-state index in [-0.39, 0.29) is 6.61 Å². The Balaban J connectivity index is 3.23. The lowest BCUT2D eigenvalue weighted by Gasteiger charge is -2.14. The minimum atomic E-state index is -0.552. The molecule has 0 fully saturated rings. The van der Waals surface area contributed by atoms with Gasteiger partial charge in [-0.05, 0) is 68.4 Å². The number of hydrogen-bond acceptors (Lipinski definition) is 2. The molecule has 1 rings (SSSR count). The second kappa shape index (κ2) is 5.71. The van der Waals surface area contributed by atoms with E-state index in [1.165, 1.54) is 0 Å². The molecule has 0 aliphatic heterocycles. The van der Waals surface area contributed by atoms with Crippen LogP contribution in [0.3, 0.4) is 0 Å². The lowest BCUT2D eigenvalue weighted by molar-refractivity contribution is -0.113. The van der Waals surface area contributed by atoms with Crippen molar-refractivity contribution in [2.75, 3.05) is 6.61 Å². The smallest absolute Gasteiger partial charge is 0.259 e. The Bertz CT molecular complexity index is 418. The summed E-state index contributed by atoms with van der Waals surface area (Å²) in [6.45, 7) is 3.54. The number of ether oxygens (including phenoxy) is 1. The molecule has 16 heavy (non-hydrogen) atoms. The van der Waals surface area contributed by atoms with Gasteiger partial charge < -0.3 is 4.74 Å². The maximum atomic E-state index is 10.7. The molecular formula is C10H8Br2Cl2O2. The van der Waals surface area contributed by atoms with Crippen LogP contribution < -0.4 is 4.74 Å². The van der Waals surface area contributed by atoms with Crippen molar-refractivity contribution in [2.24, 2.45) is 0 Å². The Hall–Kier alpha value is 0.230. The van der Waals surface area contributed by atoms with Gasteiger partial charge in [-0.3, -0.25) is 4.79 Å². The predicted molar refractivity (Wildman–Crippen MR) is 72.7 cm³/mol. The molecule has 0 spiro atoms. The van der Waals surface area contributed by atoms with Gasteiger partial charge in [0.05, 0.1) is 8.95 Å². The minimum Gasteiger partial charge on any atom is -0.482 e. The molecule has 0 aromatic heterocycles. The molecule has 2 nitrogen and oxygen atoms in total. The second-order valence-electron chi connectivity index (χ2n) is 3.16. The standard InChI is InChI=1S/C10H8Br2Cl2O2/c1-4-7(11)10(16-3-6(13)15)8(12)5(2)9(4)14/h3H2,1-2H3. The van der Waals surface area contributed by atoms with Crippen molar-refractivity contribution < 1.29 is 9.53 Å². The largest absolute Gasteiger partial charge is 0.482 e. The number of carbonyl (C=O) groups excluding carboxylic acids is 1. The van der Waals surface area contributed by atoms with Crippen molar-refractivity contribution in [3.8, 4) is 5.75 Å². The van der Waals surface area contributed by atoms with Crippen molar-refractivity contribution in [1.82, 2.24) is 0 Å². The Morgan fingerprint density at radius 3 is 2.06 bits per heavy atom. The van der Waals surface area contributed by atoms with E-state index in [4.69, 9.17) is 27.9 Å². The SMILES string of the molecule is Cc1c(Cl)c(C)c(Br)c(OCC(=O)Cl)c1Br. The van der Waals surface area contributed by atoms with Gasteiger partial charge in [0.2, 0.25) is 0 Å². The Labute approximate surface area is 121 Å². The van der Waals surface area contributed by atoms with Crippen LogP contribution in [0.4, 0.5) is 0 Å². The van der Waals surface area contributed by atoms with E-state index in [2.05, 4.69) is 31.9 Å². The molecule has 88 valence electrons. The first kappa shape index (κ1) is 14.3. The monoisotopic (exact) mass is 388 g/mol. The maximum absolute atomic E-state index is 10.7. The summed E-state index contributed by atoms with van der Waals surface area (Å²) in [5.41, 5.74) is 1.72. The highest BCUT2D eigenvalue weighted by molar-refractivity contribution is 9.11. The third-order valence-corrected chi connectivity index (χ3v) is 4.63. The normalized spacial score (nSPS) is 10.4. The van der Waals surface area contributed by atoms with Gasteiger partial charge in [0.25, 0.3) is 5.24 Å². The summed E-state index contributed by atoms with van der Waals surface area (Å²) in [5.74, 6) is 0.536. The molecule has 6 heteroatoms. The van der Waals surface area contributed by atoms with E-state index < -0.39 is 5.24 Å². The van der Waals surface area contributed by atoms with Crippen LogP contribution in [0.1, 0.15) is 11.1 Å². The van der Waals surface area contributed by atoms with Crippen LogP contribution in [0.25, 0.3) is 0 Å². The zero-order valence-corrected chi connectivity index (χ0v) is 13.2. The number of carbonyl (C=O) groups is 1. The topological polar surface area (TPSA) is 26.3 Å². The molecule has 1 aromatic carbocycles. The fourth-order valence-corrected chi connectivity index (χ4v) is 2.93. The number of benzene rings is 1. The van der Waals surface area contributed by atoms with E-state index >= 15 is 0 Å². The molecule has 0 bridgehead atoms. The number of hydrogen-bond donors (Lipinski definition) is 0. The zero-order valence-electron chi connectivity index (χ0n) is 8.54. The van der Waals surface area contributed by atoms with Crippen LogP contribution in [0.5, 0.6) is 5.75 Å². The van der Waals surface area contributed by atoms with E-state index in [0.29, 0.717) is 19.7 Å². The first-order valence-corrected chi connectivity index (χ1v) is 6.65. The maximum Gasteiger partial charge on any atom is 0.259 e. The molecule has 1 aromatic rings. The molecule has 0 aliphatic rings. The zero-order chi connectivity index (χ0) is 12.5. The summed E-state index contributed by atoms with van der Waals surface area (Å²) >= 11 is 18.1. The third kappa shape index (κ3) is 2.92. The van der Waals surface area contributed by atoms with Crippen molar-refractivity contribution in [1.29, 1.82) is 0 Å². The average Bonchev–Trinajstić information content (AvgIpc) is 2.23. The van der Waals surface area contributed by atoms with Gasteiger partial charge in [0, 0.05) is 5.02 Å². The highest BCUT2D eigenvalue weighted by Crippen LogP contribution is 2.42. The molecule has 0 saturated carbocycles. The van der Waals surface area contributed by atoms with Gasteiger partial charge >= 0.3 is 0 Å². The average molecular weight is 391 g/mol. The van der Waals surface area contributed by atoms with Crippen molar-refractivity contribution in [2.45, 2.75) is 13.8 Å². The summed E-state index contributed by atoms with van der Waals surface area (Å²) in [4.78, 5) is 10.7. The molecule has 0 unspecified atom stereocenters. The van der Waals surface area contributed by atoms with Crippen LogP contribution in [-0.4, -0.2) is 11.8 Å².